The Balaban J connectivity index is 1.49. The average Bonchev–Trinajstić information content (AvgIpc) is 3.36. The Morgan fingerprint density at radius 2 is 1.93 bits per heavy atom. The summed E-state index contributed by atoms with van der Waals surface area (Å²) < 4.78 is 61.0. The Kier molecular flexibility index (Phi) is 9.40. The van der Waals surface area contributed by atoms with Crippen LogP contribution >= 0.6 is 23.2 Å². The summed E-state index contributed by atoms with van der Waals surface area (Å²) in [6.45, 7) is 0.0120. The molecule has 3 N–H and O–H groups in total. The second-order valence-corrected chi connectivity index (χ2v) is 11.4. The number of benzene rings is 2. The molecule has 3 heterocycles. The van der Waals surface area contributed by atoms with E-state index in [2.05, 4.69) is 25.3 Å². The number of allylic oxidation sites excluding steroid dienone is 1. The number of methoxy groups -OCH3 is 1. The number of hydrogen-bond acceptors (Lipinski definition) is 5. The highest BCUT2D eigenvalue weighted by Gasteiger charge is 2.41. The third-order valence-corrected chi connectivity index (χ3v) is 8.29. The molecular formula is C30H27Cl2F4N5O4. The molecule has 2 bridgehead atoms. The van der Waals surface area contributed by atoms with Crippen molar-refractivity contribution >= 4 is 52.5 Å². The molecule has 2 unspecified atom stereocenters. The average molecular weight is 668 g/mol. The Morgan fingerprint density at radius 3 is 2.64 bits per heavy atom. The van der Waals surface area contributed by atoms with Gasteiger partial charge in [0.1, 0.15) is 22.5 Å². The van der Waals surface area contributed by atoms with Crippen molar-refractivity contribution in [2.75, 3.05) is 24.3 Å². The maximum Gasteiger partial charge on any atom is 0.416 e. The normalized spacial score (nSPS) is 19.8. The highest BCUT2D eigenvalue weighted by atomic mass is 35.5. The predicted molar refractivity (Wildman–Crippen MR) is 160 cm³/mol. The number of anilines is 2. The summed E-state index contributed by atoms with van der Waals surface area (Å²) >= 11 is 12.4. The maximum absolute atomic E-state index is 15.0. The maximum atomic E-state index is 15.0. The first-order valence-electron chi connectivity index (χ1n) is 13.9. The third-order valence-electron chi connectivity index (χ3n) is 7.72. The summed E-state index contributed by atoms with van der Waals surface area (Å²) in [5.41, 5.74) is -0.426. The standard InChI is InChI=1S/C30H27Cl2F4N5O4/c1-45-29(44)37-16-7-8-17-20(14-16)38-22(42)6-4-2-3-5-21(28-39-26(17)27(32)40-28)41-12-11-15(13-23(41)43)24-18(30(34,35)36)9-10-19(31)25(24)33/h2-3,7-10,14-15,21H,4-6,11-13H2,1H3,(H,37,44)(H,38,42)(H,39,40)/b3-2+. The van der Waals surface area contributed by atoms with E-state index in [-0.39, 0.29) is 49.0 Å². The van der Waals surface area contributed by atoms with Gasteiger partial charge in [-0.1, -0.05) is 35.4 Å². The van der Waals surface area contributed by atoms with Crippen molar-refractivity contribution in [1.82, 2.24) is 14.9 Å². The van der Waals surface area contributed by atoms with E-state index < -0.39 is 52.1 Å². The molecule has 2 atom stereocenters. The van der Waals surface area contributed by atoms with E-state index in [0.717, 1.165) is 12.1 Å². The molecule has 3 amide bonds. The van der Waals surface area contributed by atoms with Gasteiger partial charge in [-0.25, -0.2) is 14.2 Å². The van der Waals surface area contributed by atoms with Crippen molar-refractivity contribution in [1.29, 1.82) is 0 Å². The number of hydrogen-bond donors (Lipinski definition) is 3. The van der Waals surface area contributed by atoms with Gasteiger partial charge in [0.25, 0.3) is 0 Å². The molecule has 1 saturated heterocycles. The third kappa shape index (κ3) is 6.94. The van der Waals surface area contributed by atoms with Crippen molar-refractivity contribution in [2.24, 2.45) is 0 Å². The zero-order valence-electron chi connectivity index (χ0n) is 23.7. The number of carbonyl (C=O) groups is 3. The molecule has 5 rings (SSSR count). The van der Waals surface area contributed by atoms with Crippen LogP contribution in [-0.4, -0.2) is 46.4 Å². The van der Waals surface area contributed by atoms with Crippen molar-refractivity contribution < 1.29 is 36.7 Å². The van der Waals surface area contributed by atoms with Crippen LogP contribution in [0.1, 0.15) is 61.0 Å². The molecule has 0 radical (unpaired) electrons. The van der Waals surface area contributed by atoms with Crippen LogP contribution < -0.4 is 10.6 Å². The number of aromatic nitrogens is 2. The van der Waals surface area contributed by atoms with Crippen molar-refractivity contribution in [2.45, 2.75) is 50.2 Å². The topological polar surface area (TPSA) is 116 Å². The van der Waals surface area contributed by atoms with Crippen LogP contribution in [-0.2, 0) is 20.5 Å². The van der Waals surface area contributed by atoms with E-state index in [4.69, 9.17) is 23.2 Å². The van der Waals surface area contributed by atoms with Gasteiger partial charge in [0.2, 0.25) is 11.8 Å². The summed E-state index contributed by atoms with van der Waals surface area (Å²) in [6.07, 6.45) is -1.54. The fraction of sp³-hybridized carbons (Fsp3) is 0.333. The molecule has 0 saturated carbocycles. The zero-order chi connectivity index (χ0) is 32.5. The van der Waals surface area contributed by atoms with Crippen LogP contribution in [0.15, 0.2) is 42.5 Å². The molecule has 1 aromatic heterocycles. The van der Waals surface area contributed by atoms with Crippen LogP contribution in [0.4, 0.5) is 33.7 Å². The van der Waals surface area contributed by atoms with E-state index in [9.17, 15) is 31.9 Å². The molecular weight excluding hydrogens is 641 g/mol. The van der Waals surface area contributed by atoms with Gasteiger partial charge in [0.15, 0.2) is 0 Å². The number of likely N-dealkylation sites (tertiary alicyclic amines) is 1. The molecule has 0 spiro atoms. The van der Waals surface area contributed by atoms with E-state index in [1.807, 2.05) is 0 Å². The largest absolute Gasteiger partial charge is 0.453 e. The summed E-state index contributed by atoms with van der Waals surface area (Å²) in [5.74, 6) is -2.71. The van der Waals surface area contributed by atoms with Crippen molar-refractivity contribution in [3.63, 3.8) is 0 Å². The minimum atomic E-state index is -4.83. The number of amides is 3. The SMILES string of the molecule is COC(=O)Nc1ccc2c(c1)NC(=O)CC/C=C/CC(N1CCC(c3c(C(F)(F)F)ccc(Cl)c3F)CC1=O)c1nc-2c(Cl)[nH]1. The zero-order valence-corrected chi connectivity index (χ0v) is 25.2. The smallest absolute Gasteiger partial charge is 0.416 e. The number of piperidine rings is 1. The quantitative estimate of drug-likeness (QED) is 0.194. The molecule has 2 aliphatic heterocycles. The van der Waals surface area contributed by atoms with Crippen molar-refractivity contribution in [3.8, 4) is 11.3 Å². The Morgan fingerprint density at radius 1 is 1.16 bits per heavy atom. The highest BCUT2D eigenvalue weighted by Crippen LogP contribution is 2.44. The second-order valence-electron chi connectivity index (χ2n) is 10.6. The van der Waals surface area contributed by atoms with Gasteiger partial charge >= 0.3 is 12.3 Å². The van der Waals surface area contributed by atoms with Crippen LogP contribution in [0.25, 0.3) is 11.3 Å². The molecule has 45 heavy (non-hydrogen) atoms. The molecule has 1 fully saturated rings. The van der Waals surface area contributed by atoms with Crippen LogP contribution in [0, 0.1) is 5.82 Å². The van der Waals surface area contributed by atoms with E-state index in [1.165, 1.54) is 18.1 Å². The Bertz CT molecular complexity index is 1680. The number of nitrogens with one attached hydrogen (secondary N) is 3. The molecule has 15 heteroatoms. The first kappa shape index (κ1) is 32.3. The summed E-state index contributed by atoms with van der Waals surface area (Å²) in [7, 11) is 1.21. The number of ether oxygens (including phenoxy) is 1. The van der Waals surface area contributed by atoms with Gasteiger partial charge in [0.05, 0.1) is 29.4 Å². The first-order valence-corrected chi connectivity index (χ1v) is 14.7. The Hall–Kier alpha value is -4.10. The van der Waals surface area contributed by atoms with Crippen molar-refractivity contribution in [3.05, 3.63) is 75.4 Å². The lowest BCUT2D eigenvalue weighted by molar-refractivity contribution is -0.141. The van der Waals surface area contributed by atoms with Gasteiger partial charge < -0.3 is 19.9 Å². The number of alkyl halides is 3. The summed E-state index contributed by atoms with van der Waals surface area (Å²) in [4.78, 5) is 47.2. The summed E-state index contributed by atoms with van der Waals surface area (Å²) in [6, 6.07) is 5.60. The lowest BCUT2D eigenvalue weighted by Crippen LogP contribution is -2.41. The fourth-order valence-corrected chi connectivity index (χ4v) is 6.01. The van der Waals surface area contributed by atoms with E-state index in [0.29, 0.717) is 29.2 Å². The Labute approximate surface area is 264 Å². The molecule has 9 nitrogen and oxygen atoms in total. The number of carbonyl (C=O) groups excluding carboxylic acids is 3. The monoisotopic (exact) mass is 667 g/mol. The number of aromatic amines is 1. The molecule has 0 aliphatic carbocycles. The van der Waals surface area contributed by atoms with Crippen LogP contribution in [0.2, 0.25) is 10.2 Å². The van der Waals surface area contributed by atoms with Crippen LogP contribution in [0.5, 0.6) is 0 Å². The number of nitrogens with zero attached hydrogens (tertiary/aromatic N) is 2. The molecule has 2 aliphatic rings. The highest BCUT2D eigenvalue weighted by molar-refractivity contribution is 6.32. The van der Waals surface area contributed by atoms with Gasteiger partial charge in [-0.2, -0.15) is 13.2 Å². The van der Waals surface area contributed by atoms with Gasteiger partial charge in [-0.15, -0.1) is 0 Å². The number of fused-ring (bicyclic) bond motifs is 4. The molecule has 2 aromatic carbocycles. The van der Waals surface area contributed by atoms with Crippen LogP contribution in [0.3, 0.4) is 0 Å². The lowest BCUT2D eigenvalue weighted by Gasteiger charge is -2.37. The first-order chi connectivity index (χ1) is 21.4. The van der Waals surface area contributed by atoms with Gasteiger partial charge in [0, 0.05) is 36.2 Å². The molecule has 3 aromatic rings. The number of rotatable bonds is 3. The van der Waals surface area contributed by atoms with E-state index >= 15 is 0 Å². The lowest BCUT2D eigenvalue weighted by atomic mass is 9.84. The second kappa shape index (κ2) is 13.1. The predicted octanol–water partition coefficient (Wildman–Crippen LogP) is 7.85. The number of halogens is 6. The number of imidazole rings is 1. The van der Waals surface area contributed by atoms with Gasteiger partial charge in [-0.3, -0.25) is 14.9 Å². The minimum Gasteiger partial charge on any atom is -0.453 e. The molecule has 238 valence electrons. The minimum absolute atomic E-state index is 0.0120. The number of H-pyrrole nitrogens is 1. The van der Waals surface area contributed by atoms with E-state index in [1.54, 1.807) is 24.3 Å². The summed E-state index contributed by atoms with van der Waals surface area (Å²) in [5, 5.41) is 5.01. The van der Waals surface area contributed by atoms with Gasteiger partial charge in [-0.05, 0) is 55.5 Å². The fourth-order valence-electron chi connectivity index (χ4n) is 5.60.